The largest absolute Gasteiger partial charge is 0.298 e. The van der Waals surface area contributed by atoms with Crippen LogP contribution < -0.4 is 0 Å². The number of alkyl halides is 1. The molecule has 14 heavy (non-hydrogen) atoms. The van der Waals surface area contributed by atoms with Crippen molar-refractivity contribution in [3.63, 3.8) is 0 Å². The summed E-state index contributed by atoms with van der Waals surface area (Å²) in [6.07, 6.45) is 0.928. The molecule has 72 valence electrons. The number of hydrogen-bond donors (Lipinski definition) is 0. The second-order valence-corrected chi connectivity index (χ2v) is 6.44. The number of halogens is 2. The molecule has 1 aromatic heterocycles. The van der Waals surface area contributed by atoms with Crippen molar-refractivity contribution in [1.82, 2.24) is 0 Å². The predicted octanol–water partition coefficient (Wildman–Crippen LogP) is 4.21. The van der Waals surface area contributed by atoms with Crippen LogP contribution >= 0.6 is 49.9 Å². The second-order valence-electron chi connectivity index (χ2n) is 2.90. The molecule has 0 saturated carbocycles. The lowest BCUT2D eigenvalue weighted by Gasteiger charge is -1.98. The van der Waals surface area contributed by atoms with E-state index in [0.29, 0.717) is 0 Å². The van der Waals surface area contributed by atoms with Gasteiger partial charge in [-0.15, -0.1) is 11.3 Å². The molecule has 0 unspecified atom stereocenters. The van der Waals surface area contributed by atoms with Gasteiger partial charge in [-0.05, 0) is 46.4 Å². The van der Waals surface area contributed by atoms with Crippen LogP contribution in [0.2, 0.25) is 0 Å². The molecule has 0 aliphatic rings. The van der Waals surface area contributed by atoms with Crippen LogP contribution in [0, 0.1) is 2.88 Å². The molecule has 4 heteroatoms. The number of benzene rings is 1. The number of hydrogen-bond acceptors (Lipinski definition) is 2. The number of thiophene rings is 1. The summed E-state index contributed by atoms with van der Waals surface area (Å²) >= 11 is 7.40. The van der Waals surface area contributed by atoms with E-state index < -0.39 is 0 Å². The summed E-state index contributed by atoms with van der Waals surface area (Å²) in [5.41, 5.74) is 1.94. The Hall–Kier alpha value is 0.0600. The van der Waals surface area contributed by atoms with Crippen molar-refractivity contribution < 1.29 is 4.79 Å². The molecule has 2 rings (SSSR count). The van der Waals surface area contributed by atoms with Crippen LogP contribution in [0.3, 0.4) is 0 Å². The first kappa shape index (κ1) is 10.6. The highest BCUT2D eigenvalue weighted by atomic mass is 127. The Morgan fingerprint density at radius 3 is 2.86 bits per heavy atom. The third-order valence-electron chi connectivity index (χ3n) is 1.98. The molecule has 0 radical (unpaired) electrons. The van der Waals surface area contributed by atoms with E-state index >= 15 is 0 Å². The van der Waals surface area contributed by atoms with Crippen molar-refractivity contribution in [1.29, 1.82) is 0 Å². The zero-order valence-electron chi connectivity index (χ0n) is 7.09. The van der Waals surface area contributed by atoms with Crippen molar-refractivity contribution in [2.24, 2.45) is 0 Å². The van der Waals surface area contributed by atoms with E-state index in [4.69, 9.17) is 0 Å². The van der Waals surface area contributed by atoms with Gasteiger partial charge in [0.1, 0.15) is 0 Å². The standard InChI is InChI=1S/C10H6BrIOS/c11-4-6-1-7(5-13)8-3-10(12)14-9(8)2-6/h1-3,5H,4H2. The van der Waals surface area contributed by atoms with Crippen LogP contribution in [-0.2, 0) is 5.33 Å². The summed E-state index contributed by atoms with van der Waals surface area (Å²) in [6.45, 7) is 0. The lowest BCUT2D eigenvalue weighted by atomic mass is 10.1. The topological polar surface area (TPSA) is 17.1 Å². The summed E-state index contributed by atoms with van der Waals surface area (Å²) in [7, 11) is 0. The maximum absolute atomic E-state index is 10.9. The maximum Gasteiger partial charge on any atom is 0.150 e. The Bertz CT molecular complexity index is 492. The SMILES string of the molecule is O=Cc1cc(CBr)cc2sc(I)cc12. The summed E-state index contributed by atoms with van der Waals surface area (Å²) in [5, 5.41) is 1.86. The van der Waals surface area contributed by atoms with E-state index in [2.05, 4.69) is 50.7 Å². The molecular formula is C10H6BrIOS. The molecule has 1 aromatic carbocycles. The van der Waals surface area contributed by atoms with E-state index in [-0.39, 0.29) is 0 Å². The van der Waals surface area contributed by atoms with Gasteiger partial charge in [0, 0.05) is 21.0 Å². The Morgan fingerprint density at radius 1 is 1.43 bits per heavy atom. The fourth-order valence-corrected chi connectivity index (χ4v) is 3.60. The van der Waals surface area contributed by atoms with Gasteiger partial charge in [0.2, 0.25) is 0 Å². The highest BCUT2D eigenvalue weighted by molar-refractivity contribution is 14.1. The highest BCUT2D eigenvalue weighted by Crippen LogP contribution is 2.30. The van der Waals surface area contributed by atoms with Crippen LogP contribution in [0.5, 0.6) is 0 Å². The molecule has 0 N–H and O–H groups in total. The van der Waals surface area contributed by atoms with Gasteiger partial charge in [-0.3, -0.25) is 4.79 Å². The van der Waals surface area contributed by atoms with Crippen molar-refractivity contribution in [3.8, 4) is 0 Å². The van der Waals surface area contributed by atoms with Gasteiger partial charge in [-0.1, -0.05) is 15.9 Å². The molecule has 0 saturated heterocycles. The number of rotatable bonds is 2. The third kappa shape index (κ3) is 1.87. The Morgan fingerprint density at radius 2 is 2.21 bits per heavy atom. The average molecular weight is 381 g/mol. The van der Waals surface area contributed by atoms with Gasteiger partial charge in [-0.2, -0.15) is 0 Å². The van der Waals surface area contributed by atoms with Gasteiger partial charge in [0.05, 0.1) is 2.88 Å². The van der Waals surface area contributed by atoms with Gasteiger partial charge in [-0.25, -0.2) is 0 Å². The Labute approximate surface area is 108 Å². The number of aldehydes is 1. The number of fused-ring (bicyclic) bond motifs is 1. The fourth-order valence-electron chi connectivity index (χ4n) is 1.37. The van der Waals surface area contributed by atoms with E-state index in [1.54, 1.807) is 11.3 Å². The van der Waals surface area contributed by atoms with Crippen molar-refractivity contribution in [2.75, 3.05) is 0 Å². The van der Waals surface area contributed by atoms with E-state index in [9.17, 15) is 4.79 Å². The molecule has 0 aliphatic heterocycles. The lowest BCUT2D eigenvalue weighted by molar-refractivity contribution is 0.112. The monoisotopic (exact) mass is 380 g/mol. The van der Waals surface area contributed by atoms with E-state index in [1.807, 2.05) is 6.07 Å². The normalized spacial score (nSPS) is 10.7. The highest BCUT2D eigenvalue weighted by Gasteiger charge is 2.06. The molecule has 0 bridgehead atoms. The average Bonchev–Trinajstić information content (AvgIpc) is 2.56. The number of carbonyl (C=O) groups excluding carboxylic acids is 1. The molecule has 0 aliphatic carbocycles. The second kappa shape index (κ2) is 4.28. The fraction of sp³-hybridized carbons (Fsp3) is 0.100. The predicted molar refractivity (Wildman–Crippen MR) is 72.6 cm³/mol. The molecule has 0 spiro atoms. The minimum atomic E-state index is 0.788. The van der Waals surface area contributed by atoms with Crippen LogP contribution in [0.25, 0.3) is 10.1 Å². The van der Waals surface area contributed by atoms with E-state index in [0.717, 1.165) is 28.1 Å². The lowest BCUT2D eigenvalue weighted by Crippen LogP contribution is -1.84. The quantitative estimate of drug-likeness (QED) is 0.433. The first-order valence-electron chi connectivity index (χ1n) is 3.97. The van der Waals surface area contributed by atoms with Crippen LogP contribution in [0.4, 0.5) is 0 Å². The van der Waals surface area contributed by atoms with Gasteiger partial charge < -0.3 is 0 Å². The minimum Gasteiger partial charge on any atom is -0.298 e. The van der Waals surface area contributed by atoms with Gasteiger partial charge in [0.15, 0.2) is 6.29 Å². The van der Waals surface area contributed by atoms with Crippen molar-refractivity contribution in [3.05, 3.63) is 32.2 Å². The van der Waals surface area contributed by atoms with Crippen LogP contribution in [-0.4, -0.2) is 6.29 Å². The summed E-state index contributed by atoms with van der Waals surface area (Å²) in [6, 6.07) is 6.12. The van der Waals surface area contributed by atoms with E-state index in [1.165, 1.54) is 7.58 Å². The molecule has 2 aromatic rings. The van der Waals surface area contributed by atoms with Crippen molar-refractivity contribution >= 4 is 66.2 Å². The first-order valence-corrected chi connectivity index (χ1v) is 6.99. The third-order valence-corrected chi connectivity index (χ3v) is 4.47. The molecular weight excluding hydrogens is 375 g/mol. The molecule has 1 nitrogen and oxygen atoms in total. The smallest absolute Gasteiger partial charge is 0.150 e. The summed E-state index contributed by atoms with van der Waals surface area (Å²) in [5.74, 6) is 0. The first-order chi connectivity index (χ1) is 6.74. The zero-order chi connectivity index (χ0) is 10.1. The van der Waals surface area contributed by atoms with Crippen LogP contribution in [0.1, 0.15) is 15.9 Å². The Balaban J connectivity index is 2.78. The maximum atomic E-state index is 10.9. The molecule has 1 heterocycles. The summed E-state index contributed by atoms with van der Waals surface area (Å²) in [4.78, 5) is 10.9. The molecule has 0 fully saturated rings. The number of carbonyl (C=O) groups is 1. The van der Waals surface area contributed by atoms with Gasteiger partial charge in [0.25, 0.3) is 0 Å². The zero-order valence-corrected chi connectivity index (χ0v) is 11.6. The van der Waals surface area contributed by atoms with Crippen LogP contribution in [0.15, 0.2) is 18.2 Å². The molecule has 0 amide bonds. The Kier molecular flexibility index (Phi) is 3.23. The van der Waals surface area contributed by atoms with Gasteiger partial charge >= 0.3 is 0 Å². The van der Waals surface area contributed by atoms with Crippen molar-refractivity contribution in [2.45, 2.75) is 5.33 Å². The minimum absolute atomic E-state index is 0.788. The molecule has 0 atom stereocenters. The summed E-state index contributed by atoms with van der Waals surface area (Å²) < 4.78 is 2.40.